The third kappa shape index (κ3) is 4.74. The van der Waals surface area contributed by atoms with Crippen LogP contribution >= 0.6 is 22.9 Å². The van der Waals surface area contributed by atoms with E-state index in [9.17, 15) is 19.2 Å². The summed E-state index contributed by atoms with van der Waals surface area (Å²) >= 11 is 7.21. The number of fused-ring (bicyclic) bond motifs is 2. The minimum atomic E-state index is -0.974. The maximum absolute atomic E-state index is 13.7. The van der Waals surface area contributed by atoms with Crippen molar-refractivity contribution in [1.82, 2.24) is 15.5 Å². The molecule has 2 bridgehead atoms. The Morgan fingerprint density at radius 2 is 2.03 bits per heavy atom. The molecule has 3 fully saturated rings. The Hall–Kier alpha value is -2.91. The molecule has 10 heteroatoms. The van der Waals surface area contributed by atoms with Crippen molar-refractivity contribution in [2.24, 2.45) is 11.8 Å². The summed E-state index contributed by atoms with van der Waals surface area (Å²) in [4.78, 5) is 53.7. The van der Waals surface area contributed by atoms with E-state index in [-0.39, 0.29) is 36.1 Å². The number of halogens is 1. The van der Waals surface area contributed by atoms with Gasteiger partial charge in [-0.3, -0.25) is 19.2 Å². The number of benzene rings is 1. The summed E-state index contributed by atoms with van der Waals surface area (Å²) in [6.07, 6.45) is 4.22. The number of thiophene rings is 1. The highest BCUT2D eigenvalue weighted by Crippen LogP contribution is 2.51. The summed E-state index contributed by atoms with van der Waals surface area (Å²) in [5.74, 6) is -0.376. The Labute approximate surface area is 218 Å². The molecule has 2 aromatic rings. The normalized spacial score (nSPS) is 25.3. The van der Waals surface area contributed by atoms with Gasteiger partial charge in [0.2, 0.25) is 11.8 Å². The van der Waals surface area contributed by atoms with Crippen LogP contribution in [-0.2, 0) is 9.59 Å². The number of nitrogens with one attached hydrogen (secondary N) is 3. The fourth-order valence-corrected chi connectivity index (χ4v) is 6.83. The molecule has 36 heavy (non-hydrogen) atoms. The summed E-state index contributed by atoms with van der Waals surface area (Å²) < 4.78 is 0.525. The van der Waals surface area contributed by atoms with Gasteiger partial charge in [-0.15, -0.1) is 11.3 Å². The van der Waals surface area contributed by atoms with Crippen LogP contribution in [0.25, 0.3) is 0 Å². The Kier molecular flexibility index (Phi) is 6.78. The van der Waals surface area contributed by atoms with Crippen LogP contribution in [0.5, 0.6) is 0 Å². The number of nitrogens with zero attached hydrogens (tertiary/aromatic N) is 1. The minimum absolute atomic E-state index is 0.0387. The maximum atomic E-state index is 13.7. The zero-order valence-corrected chi connectivity index (χ0v) is 21.6. The van der Waals surface area contributed by atoms with Gasteiger partial charge in [-0.25, -0.2) is 0 Å². The van der Waals surface area contributed by atoms with Gasteiger partial charge in [0.15, 0.2) is 0 Å². The second kappa shape index (κ2) is 9.86. The van der Waals surface area contributed by atoms with Crippen LogP contribution < -0.4 is 16.0 Å². The molecule has 2 heterocycles. The second-order valence-corrected chi connectivity index (χ2v) is 11.7. The van der Waals surface area contributed by atoms with E-state index in [1.54, 1.807) is 35.2 Å². The Bertz CT molecular complexity index is 1230. The monoisotopic (exact) mass is 528 g/mol. The molecule has 3 N–H and O–H groups in total. The number of anilines is 1. The van der Waals surface area contributed by atoms with Gasteiger partial charge in [-0.1, -0.05) is 11.6 Å². The molecule has 1 saturated heterocycles. The predicted molar refractivity (Wildman–Crippen MR) is 138 cm³/mol. The third-order valence-corrected chi connectivity index (χ3v) is 8.88. The lowest BCUT2D eigenvalue weighted by Crippen LogP contribution is -2.60. The lowest BCUT2D eigenvalue weighted by atomic mass is 9.79. The molecule has 8 nitrogen and oxygen atoms in total. The van der Waals surface area contributed by atoms with E-state index in [2.05, 4.69) is 16.0 Å². The first-order valence-electron chi connectivity index (χ1n) is 12.3. The van der Waals surface area contributed by atoms with Crippen LogP contribution in [0.1, 0.15) is 57.7 Å². The van der Waals surface area contributed by atoms with Crippen LogP contribution in [0, 0.1) is 18.8 Å². The highest BCUT2D eigenvalue weighted by atomic mass is 35.5. The Morgan fingerprint density at radius 3 is 2.69 bits per heavy atom. The van der Waals surface area contributed by atoms with Crippen molar-refractivity contribution in [2.75, 3.05) is 25.0 Å². The lowest BCUT2D eigenvalue weighted by Gasteiger charge is -2.37. The first-order chi connectivity index (χ1) is 17.2. The summed E-state index contributed by atoms with van der Waals surface area (Å²) in [5.41, 5.74) is 0.804. The molecule has 1 aliphatic heterocycles. The number of carbonyl (C=O) groups excluding carboxylic acids is 4. The van der Waals surface area contributed by atoms with Gasteiger partial charge >= 0.3 is 0 Å². The van der Waals surface area contributed by atoms with Gasteiger partial charge < -0.3 is 20.9 Å². The first kappa shape index (κ1) is 24.8. The third-order valence-electron chi connectivity index (χ3n) is 7.65. The zero-order chi connectivity index (χ0) is 25.4. The van der Waals surface area contributed by atoms with Gasteiger partial charge in [0.05, 0.1) is 15.8 Å². The number of carbonyl (C=O) groups is 4. The Balaban J connectivity index is 1.33. The summed E-state index contributed by atoms with van der Waals surface area (Å²) in [6, 6.07) is 8.52. The molecule has 1 aromatic heterocycles. The minimum Gasteiger partial charge on any atom is -0.354 e. The molecule has 3 aliphatic rings. The van der Waals surface area contributed by atoms with Gasteiger partial charge in [-0.2, -0.15) is 0 Å². The standard InChI is InChI=1S/C26H29ClN4O4S/c1-15-11-18(5-6-19(15)24(34)31-10-2-9-28-22(32)14-31)29-25(35)26(13-16-3-4-17(26)12-16)30-23(33)20-7-8-21(27)36-20/h5-8,11,16-17H,2-4,9-10,12-14H2,1H3,(H,28,32)(H,29,35)(H,30,33). The van der Waals surface area contributed by atoms with Gasteiger partial charge in [0, 0.05) is 24.3 Å². The number of rotatable bonds is 5. The molecule has 0 spiro atoms. The highest BCUT2D eigenvalue weighted by Gasteiger charge is 2.56. The zero-order valence-electron chi connectivity index (χ0n) is 20.1. The van der Waals surface area contributed by atoms with Crippen LogP contribution in [-0.4, -0.2) is 53.7 Å². The van der Waals surface area contributed by atoms with Crippen molar-refractivity contribution >= 4 is 52.3 Å². The molecule has 1 aromatic carbocycles. The maximum Gasteiger partial charge on any atom is 0.262 e. The van der Waals surface area contributed by atoms with E-state index in [1.165, 1.54) is 11.3 Å². The van der Waals surface area contributed by atoms with E-state index in [0.29, 0.717) is 57.9 Å². The summed E-state index contributed by atoms with van der Waals surface area (Å²) in [5, 5.41) is 8.86. The quantitative estimate of drug-likeness (QED) is 0.551. The van der Waals surface area contributed by atoms with E-state index in [4.69, 9.17) is 11.6 Å². The molecule has 0 radical (unpaired) electrons. The van der Waals surface area contributed by atoms with Crippen LogP contribution in [0.3, 0.4) is 0 Å². The Morgan fingerprint density at radius 1 is 1.19 bits per heavy atom. The number of aryl methyl sites for hydroxylation is 1. The number of hydrogen-bond acceptors (Lipinski definition) is 5. The van der Waals surface area contributed by atoms with Crippen LogP contribution in [0.15, 0.2) is 30.3 Å². The average molecular weight is 529 g/mol. The van der Waals surface area contributed by atoms with Crippen molar-refractivity contribution < 1.29 is 19.2 Å². The van der Waals surface area contributed by atoms with E-state index >= 15 is 0 Å². The molecule has 3 unspecified atom stereocenters. The lowest BCUT2D eigenvalue weighted by molar-refractivity contribution is -0.124. The molecule has 3 atom stereocenters. The topological polar surface area (TPSA) is 108 Å². The molecule has 2 saturated carbocycles. The number of amides is 4. The van der Waals surface area contributed by atoms with Crippen molar-refractivity contribution in [1.29, 1.82) is 0 Å². The van der Waals surface area contributed by atoms with Crippen LogP contribution in [0.2, 0.25) is 4.34 Å². The summed E-state index contributed by atoms with van der Waals surface area (Å²) in [7, 11) is 0. The molecule has 5 rings (SSSR count). The van der Waals surface area contributed by atoms with Crippen molar-refractivity contribution in [2.45, 2.75) is 44.6 Å². The largest absolute Gasteiger partial charge is 0.354 e. The summed E-state index contributed by atoms with van der Waals surface area (Å²) in [6.45, 7) is 2.93. The SMILES string of the molecule is Cc1cc(NC(=O)C2(NC(=O)c3ccc(Cl)s3)CC3CCC2C3)ccc1C(=O)N1CCCNC(=O)C1. The first-order valence-corrected chi connectivity index (χ1v) is 13.5. The van der Waals surface area contributed by atoms with Gasteiger partial charge in [-0.05, 0) is 86.8 Å². The van der Waals surface area contributed by atoms with Gasteiger partial charge in [0.25, 0.3) is 11.8 Å². The van der Waals surface area contributed by atoms with Crippen LogP contribution in [0.4, 0.5) is 5.69 Å². The molecule has 4 amide bonds. The van der Waals surface area contributed by atoms with E-state index in [0.717, 1.165) is 19.3 Å². The average Bonchev–Trinajstić information content (AvgIpc) is 3.53. The second-order valence-electron chi connectivity index (χ2n) is 10.0. The molecule has 190 valence electrons. The van der Waals surface area contributed by atoms with Gasteiger partial charge in [0.1, 0.15) is 5.54 Å². The fourth-order valence-electron chi connectivity index (χ4n) is 5.89. The van der Waals surface area contributed by atoms with Crippen molar-refractivity contribution in [3.63, 3.8) is 0 Å². The fraction of sp³-hybridized carbons (Fsp3) is 0.462. The molecular weight excluding hydrogens is 500 g/mol. The predicted octanol–water partition coefficient (Wildman–Crippen LogP) is 3.60. The number of hydrogen-bond donors (Lipinski definition) is 3. The van der Waals surface area contributed by atoms with E-state index in [1.807, 2.05) is 6.92 Å². The smallest absolute Gasteiger partial charge is 0.262 e. The molecule has 2 aliphatic carbocycles. The highest BCUT2D eigenvalue weighted by molar-refractivity contribution is 7.18. The van der Waals surface area contributed by atoms with Crippen molar-refractivity contribution in [3.05, 3.63) is 50.7 Å². The van der Waals surface area contributed by atoms with E-state index < -0.39 is 5.54 Å². The van der Waals surface area contributed by atoms with Crippen molar-refractivity contribution in [3.8, 4) is 0 Å². The molecular formula is C26H29ClN4O4S.